The van der Waals surface area contributed by atoms with Crippen molar-refractivity contribution in [2.24, 2.45) is 0 Å². The van der Waals surface area contributed by atoms with Crippen molar-refractivity contribution >= 4 is 11.3 Å². The van der Waals surface area contributed by atoms with Gasteiger partial charge in [0.1, 0.15) is 6.10 Å². The van der Waals surface area contributed by atoms with Crippen LogP contribution in [0.25, 0.3) is 0 Å². The first-order valence-corrected chi connectivity index (χ1v) is 5.89. The maximum atomic E-state index is 10.1. The summed E-state index contributed by atoms with van der Waals surface area (Å²) in [6.07, 6.45) is -0.491. The number of hydrogen-bond acceptors (Lipinski definition) is 2. The van der Waals surface area contributed by atoms with Gasteiger partial charge in [-0.1, -0.05) is 29.3 Å². The summed E-state index contributed by atoms with van der Waals surface area (Å²) in [5, 5.41) is 14.1. The molecular weight excluding hydrogens is 204 g/mol. The van der Waals surface area contributed by atoms with E-state index in [-0.39, 0.29) is 0 Å². The van der Waals surface area contributed by atoms with E-state index in [9.17, 15) is 5.11 Å². The number of aryl methyl sites for hydroxylation is 2. The van der Waals surface area contributed by atoms with Gasteiger partial charge in [0.2, 0.25) is 0 Å². The summed E-state index contributed by atoms with van der Waals surface area (Å²) >= 11 is 1.61. The average molecular weight is 218 g/mol. The van der Waals surface area contributed by atoms with Gasteiger partial charge in [-0.2, -0.15) is 11.3 Å². The third-order valence-electron chi connectivity index (χ3n) is 2.42. The van der Waals surface area contributed by atoms with Gasteiger partial charge >= 0.3 is 0 Å². The van der Waals surface area contributed by atoms with Gasteiger partial charge in [0.05, 0.1) is 0 Å². The molecule has 0 aliphatic rings. The lowest BCUT2D eigenvalue weighted by Gasteiger charge is -2.11. The molecule has 0 aliphatic carbocycles. The molecule has 2 heteroatoms. The number of benzene rings is 1. The molecule has 0 saturated carbocycles. The molecule has 0 saturated heterocycles. The van der Waals surface area contributed by atoms with Crippen LogP contribution in [-0.2, 0) is 0 Å². The Kier molecular flexibility index (Phi) is 2.89. The van der Waals surface area contributed by atoms with Crippen LogP contribution < -0.4 is 0 Å². The lowest BCUT2D eigenvalue weighted by atomic mass is 10.00. The van der Waals surface area contributed by atoms with Crippen LogP contribution in [0.15, 0.2) is 35.0 Å². The predicted molar refractivity (Wildman–Crippen MR) is 64.3 cm³/mol. The summed E-state index contributed by atoms with van der Waals surface area (Å²) in [6, 6.07) is 8.15. The molecule has 0 bridgehead atoms. The van der Waals surface area contributed by atoms with E-state index in [1.54, 1.807) is 11.3 Å². The average Bonchev–Trinajstić information content (AvgIpc) is 2.67. The third kappa shape index (κ3) is 2.28. The molecule has 1 unspecified atom stereocenters. The second-order valence-corrected chi connectivity index (χ2v) is 4.66. The Morgan fingerprint density at radius 2 is 1.73 bits per heavy atom. The van der Waals surface area contributed by atoms with Gasteiger partial charge in [-0.05, 0) is 41.8 Å². The first-order chi connectivity index (χ1) is 7.16. The molecule has 0 amide bonds. The zero-order chi connectivity index (χ0) is 10.8. The SMILES string of the molecule is Cc1cc(C)cc(C(O)c2ccsc2)c1. The van der Waals surface area contributed by atoms with Crippen LogP contribution in [0.3, 0.4) is 0 Å². The van der Waals surface area contributed by atoms with Gasteiger partial charge in [-0.15, -0.1) is 0 Å². The quantitative estimate of drug-likeness (QED) is 0.818. The number of hydrogen-bond donors (Lipinski definition) is 1. The van der Waals surface area contributed by atoms with Crippen molar-refractivity contribution in [2.75, 3.05) is 0 Å². The standard InChI is InChI=1S/C13H14OS/c1-9-5-10(2)7-12(6-9)13(14)11-3-4-15-8-11/h3-8,13-14H,1-2H3. The first kappa shape index (κ1) is 10.4. The molecule has 1 nitrogen and oxygen atoms in total. The normalized spacial score (nSPS) is 12.7. The molecule has 15 heavy (non-hydrogen) atoms. The van der Waals surface area contributed by atoms with Gasteiger partial charge in [0.15, 0.2) is 0 Å². The Hall–Kier alpha value is -1.12. The van der Waals surface area contributed by atoms with Crippen LogP contribution in [0.5, 0.6) is 0 Å². The highest BCUT2D eigenvalue weighted by Gasteiger charge is 2.10. The molecule has 78 valence electrons. The fourth-order valence-corrected chi connectivity index (χ4v) is 2.47. The highest BCUT2D eigenvalue weighted by atomic mass is 32.1. The molecule has 2 aromatic rings. The summed E-state index contributed by atoms with van der Waals surface area (Å²) in [4.78, 5) is 0. The molecule has 2 rings (SSSR count). The number of aliphatic hydroxyl groups excluding tert-OH is 1. The van der Waals surface area contributed by atoms with E-state index in [0.29, 0.717) is 0 Å². The lowest BCUT2D eigenvalue weighted by molar-refractivity contribution is 0.220. The van der Waals surface area contributed by atoms with Crippen molar-refractivity contribution in [2.45, 2.75) is 20.0 Å². The second-order valence-electron chi connectivity index (χ2n) is 3.88. The van der Waals surface area contributed by atoms with Crippen molar-refractivity contribution in [3.8, 4) is 0 Å². The van der Waals surface area contributed by atoms with Crippen LogP contribution in [0.1, 0.15) is 28.4 Å². The molecule has 1 atom stereocenters. The fourth-order valence-electron chi connectivity index (χ4n) is 1.79. The Labute approximate surface area is 94.0 Å². The topological polar surface area (TPSA) is 20.2 Å². The van der Waals surface area contributed by atoms with Crippen LogP contribution in [0, 0.1) is 13.8 Å². The molecule has 1 heterocycles. The monoisotopic (exact) mass is 218 g/mol. The summed E-state index contributed by atoms with van der Waals surface area (Å²) in [6.45, 7) is 4.10. The van der Waals surface area contributed by atoms with Gasteiger partial charge in [-0.3, -0.25) is 0 Å². The fraction of sp³-hybridized carbons (Fsp3) is 0.231. The lowest BCUT2D eigenvalue weighted by Crippen LogP contribution is -1.98. The van der Waals surface area contributed by atoms with Crippen LogP contribution in [0.4, 0.5) is 0 Å². The van der Waals surface area contributed by atoms with Gasteiger partial charge in [-0.25, -0.2) is 0 Å². The van der Waals surface area contributed by atoms with Gasteiger partial charge in [0, 0.05) is 0 Å². The summed E-state index contributed by atoms with van der Waals surface area (Å²) in [7, 11) is 0. The van der Waals surface area contributed by atoms with Crippen LogP contribution >= 0.6 is 11.3 Å². The van der Waals surface area contributed by atoms with Crippen molar-refractivity contribution < 1.29 is 5.11 Å². The maximum Gasteiger partial charge on any atom is 0.105 e. The van der Waals surface area contributed by atoms with E-state index in [1.165, 1.54) is 11.1 Å². The minimum Gasteiger partial charge on any atom is -0.384 e. The van der Waals surface area contributed by atoms with Crippen molar-refractivity contribution in [1.82, 2.24) is 0 Å². The molecule has 0 radical (unpaired) electrons. The van der Waals surface area contributed by atoms with Crippen LogP contribution in [0.2, 0.25) is 0 Å². The highest BCUT2D eigenvalue weighted by molar-refractivity contribution is 7.07. The number of rotatable bonds is 2. The zero-order valence-electron chi connectivity index (χ0n) is 8.90. The summed E-state index contributed by atoms with van der Waals surface area (Å²) in [5.41, 5.74) is 4.34. The predicted octanol–water partition coefficient (Wildman–Crippen LogP) is 3.45. The Morgan fingerprint density at radius 1 is 1.07 bits per heavy atom. The number of aliphatic hydroxyl groups is 1. The minimum atomic E-state index is -0.491. The van der Waals surface area contributed by atoms with Gasteiger partial charge in [0.25, 0.3) is 0 Å². The molecule has 0 spiro atoms. The van der Waals surface area contributed by atoms with Crippen molar-refractivity contribution in [3.63, 3.8) is 0 Å². The molecule has 0 aliphatic heterocycles. The minimum absolute atomic E-state index is 0.491. The number of thiophene rings is 1. The largest absolute Gasteiger partial charge is 0.384 e. The zero-order valence-corrected chi connectivity index (χ0v) is 9.71. The highest BCUT2D eigenvalue weighted by Crippen LogP contribution is 2.25. The second kappa shape index (κ2) is 4.17. The Morgan fingerprint density at radius 3 is 2.27 bits per heavy atom. The molecule has 1 N–H and O–H groups in total. The van der Waals surface area contributed by atoms with Crippen molar-refractivity contribution in [3.05, 3.63) is 57.3 Å². The summed E-state index contributed by atoms with van der Waals surface area (Å²) in [5.74, 6) is 0. The molecule has 1 aromatic heterocycles. The molecule has 1 aromatic carbocycles. The van der Waals surface area contributed by atoms with E-state index in [1.807, 2.05) is 29.0 Å². The Balaban J connectivity index is 2.37. The van der Waals surface area contributed by atoms with Crippen molar-refractivity contribution in [1.29, 1.82) is 0 Å². The van der Waals surface area contributed by atoms with E-state index < -0.39 is 6.10 Å². The van der Waals surface area contributed by atoms with E-state index in [2.05, 4.69) is 19.9 Å². The first-order valence-electron chi connectivity index (χ1n) is 4.95. The van der Waals surface area contributed by atoms with E-state index in [0.717, 1.165) is 11.1 Å². The smallest absolute Gasteiger partial charge is 0.105 e. The molecular formula is C13H14OS. The summed E-state index contributed by atoms with van der Waals surface area (Å²) < 4.78 is 0. The van der Waals surface area contributed by atoms with E-state index >= 15 is 0 Å². The Bertz CT molecular complexity index is 425. The molecule has 0 fully saturated rings. The van der Waals surface area contributed by atoms with Gasteiger partial charge < -0.3 is 5.11 Å². The third-order valence-corrected chi connectivity index (χ3v) is 3.12. The van der Waals surface area contributed by atoms with E-state index in [4.69, 9.17) is 0 Å². The maximum absolute atomic E-state index is 10.1. The van der Waals surface area contributed by atoms with Crippen LogP contribution in [-0.4, -0.2) is 5.11 Å².